The quantitative estimate of drug-likeness (QED) is 0.260. The van der Waals surface area contributed by atoms with Crippen LogP contribution in [0.15, 0.2) is 55.1 Å². The zero-order valence-electron chi connectivity index (χ0n) is 21.8. The van der Waals surface area contributed by atoms with Gasteiger partial charge >= 0.3 is 0 Å². The van der Waals surface area contributed by atoms with E-state index in [1.54, 1.807) is 0 Å². The van der Waals surface area contributed by atoms with Crippen molar-refractivity contribution in [2.75, 3.05) is 6.61 Å². The van der Waals surface area contributed by atoms with Crippen LogP contribution in [0.1, 0.15) is 93.7 Å². The Bertz CT molecular complexity index is 973. The van der Waals surface area contributed by atoms with Gasteiger partial charge in [-0.3, -0.25) is 0 Å². The van der Waals surface area contributed by atoms with Gasteiger partial charge in [-0.05, 0) is 86.0 Å². The van der Waals surface area contributed by atoms with Gasteiger partial charge in [0.05, 0.1) is 12.7 Å². The van der Waals surface area contributed by atoms with Crippen molar-refractivity contribution < 1.29 is 9.13 Å². The topological polar surface area (TPSA) is 9.23 Å². The van der Waals surface area contributed by atoms with Crippen LogP contribution in [0.2, 0.25) is 0 Å². The third-order valence-electron chi connectivity index (χ3n) is 8.31. The normalized spacial score (nSPS) is 25.1. The molecule has 1 nitrogen and oxygen atoms in total. The minimum absolute atomic E-state index is 0.109. The van der Waals surface area contributed by atoms with Gasteiger partial charge in [0.2, 0.25) is 0 Å². The summed E-state index contributed by atoms with van der Waals surface area (Å²) >= 11 is 0. The zero-order valence-corrected chi connectivity index (χ0v) is 21.8. The SMILES string of the molecule is C=CC1CCC(c2ccc(-c3ccc(/C=C/C4CCC(CCCCC)OC4)c(C)c3F)cc2)CC1. The van der Waals surface area contributed by atoms with Crippen LogP contribution in [0.3, 0.4) is 0 Å². The second-order valence-corrected chi connectivity index (χ2v) is 10.8. The summed E-state index contributed by atoms with van der Waals surface area (Å²) in [5.41, 5.74) is 4.72. The van der Waals surface area contributed by atoms with Gasteiger partial charge in [-0.1, -0.05) is 80.8 Å². The third-order valence-corrected chi connectivity index (χ3v) is 8.31. The van der Waals surface area contributed by atoms with E-state index in [-0.39, 0.29) is 5.82 Å². The van der Waals surface area contributed by atoms with Gasteiger partial charge < -0.3 is 4.74 Å². The van der Waals surface area contributed by atoms with Gasteiger partial charge in [0.25, 0.3) is 0 Å². The Hall–Kier alpha value is -2.19. The van der Waals surface area contributed by atoms with E-state index >= 15 is 4.39 Å². The lowest BCUT2D eigenvalue weighted by atomic mass is 9.78. The molecule has 2 aliphatic rings. The van der Waals surface area contributed by atoms with E-state index < -0.39 is 0 Å². The largest absolute Gasteiger partial charge is 0.378 e. The molecule has 2 atom stereocenters. The maximum atomic E-state index is 15.4. The molecule has 0 N–H and O–H groups in total. The van der Waals surface area contributed by atoms with Crippen LogP contribution in [0, 0.1) is 24.6 Å². The van der Waals surface area contributed by atoms with Gasteiger partial charge in [-0.25, -0.2) is 4.39 Å². The predicted molar refractivity (Wildman–Crippen MR) is 147 cm³/mol. The number of hydrogen-bond acceptors (Lipinski definition) is 1. The molecule has 0 spiro atoms. The average Bonchev–Trinajstić information content (AvgIpc) is 2.91. The second-order valence-electron chi connectivity index (χ2n) is 10.8. The number of rotatable bonds is 9. The van der Waals surface area contributed by atoms with Crippen LogP contribution in [0.4, 0.5) is 4.39 Å². The van der Waals surface area contributed by atoms with Gasteiger partial charge in [-0.2, -0.15) is 0 Å². The van der Waals surface area contributed by atoms with E-state index in [0.717, 1.165) is 36.1 Å². The standard InChI is InChI=1S/C33H43FO/c1-4-6-7-8-31-21-12-26(23-35-31)11-13-27-20-22-32(33(34)24(27)3)30-18-16-29(17-19-30)28-14-9-25(5-2)10-15-28/h5,11,13,16-20,22,25-26,28,31H,2,4,6-10,12,14-15,21,23H2,1,3H3/b13-11+. The van der Waals surface area contributed by atoms with E-state index in [1.165, 1.54) is 56.9 Å². The van der Waals surface area contributed by atoms with Crippen LogP contribution in [-0.2, 0) is 4.74 Å². The lowest BCUT2D eigenvalue weighted by Crippen LogP contribution is -2.24. The highest BCUT2D eigenvalue weighted by Crippen LogP contribution is 2.37. The van der Waals surface area contributed by atoms with Gasteiger partial charge in [-0.15, -0.1) is 6.58 Å². The maximum Gasteiger partial charge on any atom is 0.134 e. The molecule has 0 radical (unpaired) electrons. The Morgan fingerprint density at radius 2 is 1.69 bits per heavy atom. The zero-order chi connectivity index (χ0) is 24.6. The molecule has 0 bridgehead atoms. The van der Waals surface area contributed by atoms with E-state index in [4.69, 9.17) is 4.74 Å². The Labute approximate surface area is 212 Å². The first-order chi connectivity index (χ1) is 17.1. The van der Waals surface area contributed by atoms with Crippen LogP contribution in [0.25, 0.3) is 17.2 Å². The molecule has 2 unspecified atom stereocenters. The number of allylic oxidation sites excluding steroid dienone is 1. The van der Waals surface area contributed by atoms with E-state index in [9.17, 15) is 0 Å². The Balaban J connectivity index is 1.36. The number of ether oxygens (including phenoxy) is 1. The second kappa shape index (κ2) is 12.7. The van der Waals surface area contributed by atoms with Crippen molar-refractivity contribution in [2.45, 2.75) is 90.1 Å². The highest BCUT2D eigenvalue weighted by atomic mass is 19.1. The molecule has 1 aliphatic carbocycles. The molecule has 0 amide bonds. The lowest BCUT2D eigenvalue weighted by Gasteiger charge is -2.27. The monoisotopic (exact) mass is 474 g/mol. The van der Waals surface area contributed by atoms with Gasteiger partial charge in [0.1, 0.15) is 5.82 Å². The summed E-state index contributed by atoms with van der Waals surface area (Å²) in [5, 5.41) is 0. The fraction of sp³-hybridized carbons (Fsp3) is 0.515. The van der Waals surface area contributed by atoms with Crippen LogP contribution >= 0.6 is 0 Å². The van der Waals surface area contributed by atoms with E-state index in [2.05, 4.69) is 62.1 Å². The molecule has 35 heavy (non-hydrogen) atoms. The summed E-state index contributed by atoms with van der Waals surface area (Å²) in [6.45, 7) is 8.88. The first-order valence-corrected chi connectivity index (χ1v) is 13.9. The van der Waals surface area contributed by atoms with Crippen molar-refractivity contribution in [3.8, 4) is 11.1 Å². The highest BCUT2D eigenvalue weighted by molar-refractivity contribution is 5.69. The molecule has 2 heteroatoms. The number of hydrogen-bond donors (Lipinski definition) is 0. The molecule has 2 fully saturated rings. The molecule has 4 rings (SSSR count). The van der Waals surface area contributed by atoms with Gasteiger partial charge in [0, 0.05) is 11.5 Å². The fourth-order valence-electron chi connectivity index (χ4n) is 5.79. The van der Waals surface area contributed by atoms with E-state index in [1.807, 2.05) is 13.0 Å². The van der Waals surface area contributed by atoms with Gasteiger partial charge in [0.15, 0.2) is 0 Å². The van der Waals surface area contributed by atoms with Crippen LogP contribution < -0.4 is 0 Å². The number of unbranched alkanes of at least 4 members (excludes halogenated alkanes) is 2. The molecule has 1 heterocycles. The Morgan fingerprint density at radius 1 is 0.943 bits per heavy atom. The van der Waals surface area contributed by atoms with Crippen molar-refractivity contribution >= 4 is 6.08 Å². The van der Waals surface area contributed by atoms with Crippen molar-refractivity contribution in [1.82, 2.24) is 0 Å². The Morgan fingerprint density at radius 3 is 2.34 bits per heavy atom. The average molecular weight is 475 g/mol. The summed E-state index contributed by atoms with van der Waals surface area (Å²) in [7, 11) is 0. The summed E-state index contributed by atoms with van der Waals surface area (Å²) in [5.74, 6) is 1.61. The fourth-order valence-corrected chi connectivity index (χ4v) is 5.79. The molecule has 2 aromatic rings. The first kappa shape index (κ1) is 25.9. The molecule has 1 aliphatic heterocycles. The van der Waals surface area contributed by atoms with Crippen molar-refractivity contribution in [1.29, 1.82) is 0 Å². The molecule has 1 saturated heterocycles. The summed E-state index contributed by atoms with van der Waals surface area (Å²) in [4.78, 5) is 0. The van der Waals surface area contributed by atoms with Crippen molar-refractivity contribution in [3.05, 3.63) is 77.6 Å². The predicted octanol–water partition coefficient (Wildman–Crippen LogP) is 9.65. The third kappa shape index (κ3) is 6.73. The van der Waals surface area contributed by atoms with E-state index in [0.29, 0.717) is 29.4 Å². The molecular weight excluding hydrogens is 431 g/mol. The highest BCUT2D eigenvalue weighted by Gasteiger charge is 2.21. The summed E-state index contributed by atoms with van der Waals surface area (Å²) in [6.07, 6.45) is 19.1. The van der Waals surface area contributed by atoms with Crippen LogP contribution in [0.5, 0.6) is 0 Å². The minimum Gasteiger partial charge on any atom is -0.378 e. The molecular formula is C33H43FO. The summed E-state index contributed by atoms with van der Waals surface area (Å²) in [6, 6.07) is 12.6. The molecule has 1 saturated carbocycles. The number of benzene rings is 2. The number of halogens is 1. The minimum atomic E-state index is -0.109. The smallest absolute Gasteiger partial charge is 0.134 e. The molecule has 2 aromatic carbocycles. The first-order valence-electron chi connectivity index (χ1n) is 13.9. The van der Waals surface area contributed by atoms with Crippen molar-refractivity contribution in [2.24, 2.45) is 11.8 Å². The molecule has 0 aromatic heterocycles. The Kier molecular flexibility index (Phi) is 9.38. The maximum absolute atomic E-state index is 15.4. The van der Waals surface area contributed by atoms with Crippen LogP contribution in [-0.4, -0.2) is 12.7 Å². The molecule has 188 valence electrons. The van der Waals surface area contributed by atoms with Crippen molar-refractivity contribution in [3.63, 3.8) is 0 Å². The summed E-state index contributed by atoms with van der Waals surface area (Å²) < 4.78 is 21.5. The lowest BCUT2D eigenvalue weighted by molar-refractivity contribution is -0.00915.